The number of nitrogens with zero attached hydrogens (tertiary/aromatic N) is 2. The molecule has 0 radical (unpaired) electrons. The number of amides is 1. The van der Waals surface area contributed by atoms with E-state index in [9.17, 15) is 4.79 Å². The first-order chi connectivity index (χ1) is 8.66. The quantitative estimate of drug-likeness (QED) is 0.898. The molecule has 1 amide bonds. The average molecular weight is 241 g/mol. The van der Waals surface area contributed by atoms with Crippen LogP contribution in [0, 0.1) is 0 Å². The molecule has 1 N–H and O–H groups in total. The third-order valence-corrected chi connectivity index (χ3v) is 2.56. The van der Waals surface area contributed by atoms with E-state index < -0.39 is 0 Å². The molecule has 0 unspecified atom stereocenters. The number of para-hydroxylation sites is 1. The molecule has 2 aromatic rings. The Hall–Kier alpha value is -2.36. The van der Waals surface area contributed by atoms with Crippen LogP contribution in [0.15, 0.2) is 48.7 Å². The molecule has 4 heteroatoms. The Morgan fingerprint density at radius 1 is 1.17 bits per heavy atom. The van der Waals surface area contributed by atoms with Crippen molar-refractivity contribution in [3.05, 3.63) is 48.7 Å². The molecular formula is C14H15N3O. The Balaban J connectivity index is 2.17. The van der Waals surface area contributed by atoms with Gasteiger partial charge in [-0.3, -0.25) is 4.79 Å². The van der Waals surface area contributed by atoms with Gasteiger partial charge in [-0.15, -0.1) is 0 Å². The maximum Gasteiger partial charge on any atom is 0.221 e. The minimum atomic E-state index is -0.0963. The average Bonchev–Trinajstić information content (AvgIpc) is 2.39. The number of carbonyl (C=O) groups excluding carboxylic acids is 1. The summed E-state index contributed by atoms with van der Waals surface area (Å²) in [5, 5.41) is 2.69. The molecule has 0 atom stereocenters. The van der Waals surface area contributed by atoms with E-state index in [1.807, 2.05) is 54.4 Å². The lowest BCUT2D eigenvalue weighted by Crippen LogP contribution is -2.11. The molecule has 0 saturated carbocycles. The molecule has 0 aliphatic carbocycles. The number of anilines is 3. The highest BCUT2D eigenvalue weighted by Gasteiger charge is 2.04. The molecule has 18 heavy (non-hydrogen) atoms. The topological polar surface area (TPSA) is 45.2 Å². The van der Waals surface area contributed by atoms with E-state index in [-0.39, 0.29) is 5.91 Å². The van der Waals surface area contributed by atoms with Crippen molar-refractivity contribution in [1.29, 1.82) is 0 Å². The van der Waals surface area contributed by atoms with Crippen LogP contribution in [0.25, 0.3) is 0 Å². The maximum atomic E-state index is 10.9. The number of rotatable bonds is 3. The van der Waals surface area contributed by atoms with Crippen LogP contribution in [0.2, 0.25) is 0 Å². The zero-order valence-electron chi connectivity index (χ0n) is 10.4. The van der Waals surface area contributed by atoms with Gasteiger partial charge in [0.2, 0.25) is 5.91 Å². The van der Waals surface area contributed by atoms with Gasteiger partial charge >= 0.3 is 0 Å². The molecule has 0 bridgehead atoms. The number of pyridine rings is 1. The van der Waals surface area contributed by atoms with Crippen LogP contribution in [0.4, 0.5) is 17.2 Å². The second-order valence-corrected chi connectivity index (χ2v) is 3.98. The Bertz CT molecular complexity index is 522. The molecule has 4 nitrogen and oxygen atoms in total. The molecule has 0 fully saturated rings. The van der Waals surface area contributed by atoms with Crippen molar-refractivity contribution in [3.8, 4) is 0 Å². The summed E-state index contributed by atoms with van der Waals surface area (Å²) in [4.78, 5) is 17.2. The smallest absolute Gasteiger partial charge is 0.221 e. The summed E-state index contributed by atoms with van der Waals surface area (Å²) >= 11 is 0. The molecule has 0 spiro atoms. The van der Waals surface area contributed by atoms with Crippen LogP contribution >= 0.6 is 0 Å². The van der Waals surface area contributed by atoms with Crippen molar-refractivity contribution >= 4 is 23.1 Å². The van der Waals surface area contributed by atoms with E-state index in [0.717, 1.165) is 11.5 Å². The summed E-state index contributed by atoms with van der Waals surface area (Å²) < 4.78 is 0. The van der Waals surface area contributed by atoms with Crippen LogP contribution in [0.5, 0.6) is 0 Å². The Morgan fingerprint density at radius 2 is 1.89 bits per heavy atom. The van der Waals surface area contributed by atoms with Gasteiger partial charge in [-0.25, -0.2) is 4.98 Å². The summed E-state index contributed by atoms with van der Waals surface area (Å²) in [6.07, 6.45) is 1.65. The van der Waals surface area contributed by atoms with E-state index in [1.54, 1.807) is 6.20 Å². The van der Waals surface area contributed by atoms with E-state index in [1.165, 1.54) is 6.92 Å². The maximum absolute atomic E-state index is 10.9. The predicted octanol–water partition coefficient (Wildman–Crippen LogP) is 2.81. The minimum absolute atomic E-state index is 0.0963. The number of nitrogens with one attached hydrogen (secondary N) is 1. The summed E-state index contributed by atoms with van der Waals surface area (Å²) in [6, 6.07) is 13.7. The fourth-order valence-corrected chi connectivity index (χ4v) is 1.65. The number of hydrogen-bond acceptors (Lipinski definition) is 3. The first-order valence-electron chi connectivity index (χ1n) is 5.69. The van der Waals surface area contributed by atoms with Crippen LogP contribution in [-0.2, 0) is 4.79 Å². The third-order valence-electron chi connectivity index (χ3n) is 2.56. The number of benzene rings is 1. The van der Waals surface area contributed by atoms with Crippen LogP contribution in [0.3, 0.4) is 0 Å². The van der Waals surface area contributed by atoms with Crippen LogP contribution in [-0.4, -0.2) is 17.9 Å². The largest absolute Gasteiger partial charge is 0.329 e. The summed E-state index contributed by atoms with van der Waals surface area (Å²) in [5.41, 5.74) is 1.77. The van der Waals surface area contributed by atoms with Crippen molar-refractivity contribution in [3.63, 3.8) is 0 Å². The number of hydrogen-bond donors (Lipinski definition) is 1. The molecule has 2 rings (SSSR count). The van der Waals surface area contributed by atoms with E-state index >= 15 is 0 Å². The molecule has 0 saturated heterocycles. The first kappa shape index (κ1) is 12.1. The van der Waals surface area contributed by atoms with Crippen LogP contribution < -0.4 is 10.2 Å². The normalized spacial score (nSPS) is 9.89. The summed E-state index contributed by atoms with van der Waals surface area (Å²) in [7, 11) is 1.95. The Morgan fingerprint density at radius 3 is 2.44 bits per heavy atom. The minimum Gasteiger partial charge on any atom is -0.329 e. The van der Waals surface area contributed by atoms with Gasteiger partial charge < -0.3 is 10.2 Å². The molecule has 1 aromatic heterocycles. The van der Waals surface area contributed by atoms with Gasteiger partial charge in [0, 0.05) is 19.7 Å². The van der Waals surface area contributed by atoms with Gasteiger partial charge in [-0.2, -0.15) is 0 Å². The van der Waals surface area contributed by atoms with Gasteiger partial charge in [0.1, 0.15) is 5.82 Å². The SMILES string of the molecule is CC(=O)Nc1ccc(N(C)c2ccccc2)nc1. The lowest BCUT2D eigenvalue weighted by molar-refractivity contribution is -0.114. The Kier molecular flexibility index (Phi) is 3.57. The molecular weight excluding hydrogens is 226 g/mol. The summed E-state index contributed by atoms with van der Waals surface area (Å²) in [5.74, 6) is 0.733. The van der Waals surface area contributed by atoms with Crippen molar-refractivity contribution in [2.24, 2.45) is 0 Å². The van der Waals surface area contributed by atoms with Crippen molar-refractivity contribution in [2.45, 2.75) is 6.92 Å². The first-order valence-corrected chi connectivity index (χ1v) is 5.69. The van der Waals surface area contributed by atoms with Crippen molar-refractivity contribution < 1.29 is 4.79 Å². The number of carbonyl (C=O) groups is 1. The second-order valence-electron chi connectivity index (χ2n) is 3.98. The molecule has 1 heterocycles. The van der Waals surface area contributed by atoms with E-state index in [4.69, 9.17) is 0 Å². The molecule has 92 valence electrons. The van der Waals surface area contributed by atoms with E-state index in [2.05, 4.69) is 10.3 Å². The molecule has 1 aromatic carbocycles. The zero-order valence-corrected chi connectivity index (χ0v) is 10.4. The number of aromatic nitrogens is 1. The van der Waals surface area contributed by atoms with Gasteiger partial charge in [0.05, 0.1) is 11.9 Å². The van der Waals surface area contributed by atoms with Gasteiger partial charge in [0.15, 0.2) is 0 Å². The third kappa shape index (κ3) is 2.85. The van der Waals surface area contributed by atoms with Gasteiger partial charge in [-0.05, 0) is 24.3 Å². The van der Waals surface area contributed by atoms with Crippen LogP contribution in [0.1, 0.15) is 6.92 Å². The molecule has 0 aliphatic heterocycles. The fourth-order valence-electron chi connectivity index (χ4n) is 1.65. The lowest BCUT2D eigenvalue weighted by Gasteiger charge is -2.18. The van der Waals surface area contributed by atoms with Gasteiger partial charge in [-0.1, -0.05) is 18.2 Å². The van der Waals surface area contributed by atoms with Crippen molar-refractivity contribution in [2.75, 3.05) is 17.3 Å². The highest BCUT2D eigenvalue weighted by Crippen LogP contribution is 2.21. The summed E-state index contributed by atoms with van der Waals surface area (Å²) in [6.45, 7) is 1.48. The van der Waals surface area contributed by atoms with E-state index in [0.29, 0.717) is 5.69 Å². The van der Waals surface area contributed by atoms with Gasteiger partial charge in [0.25, 0.3) is 0 Å². The zero-order chi connectivity index (χ0) is 13.0. The highest BCUT2D eigenvalue weighted by molar-refractivity contribution is 5.88. The van der Waals surface area contributed by atoms with Crippen molar-refractivity contribution in [1.82, 2.24) is 4.98 Å². The standard InChI is InChI=1S/C14H15N3O/c1-11(18)16-12-8-9-14(15-10-12)17(2)13-6-4-3-5-7-13/h3-10H,1-2H3,(H,16,18). The fraction of sp³-hybridized carbons (Fsp3) is 0.143. The second kappa shape index (κ2) is 5.31. The molecule has 0 aliphatic rings. The Labute approximate surface area is 106 Å². The lowest BCUT2D eigenvalue weighted by atomic mass is 10.3. The highest BCUT2D eigenvalue weighted by atomic mass is 16.1. The predicted molar refractivity (Wildman–Crippen MR) is 73.0 cm³/mol. The monoisotopic (exact) mass is 241 g/mol.